The first kappa shape index (κ1) is 15.9. The van der Waals surface area contributed by atoms with Gasteiger partial charge in [0.05, 0.1) is 18.5 Å². The van der Waals surface area contributed by atoms with Gasteiger partial charge in [-0.05, 0) is 37.1 Å². The predicted octanol–water partition coefficient (Wildman–Crippen LogP) is 3.20. The molecule has 0 fully saturated rings. The van der Waals surface area contributed by atoms with Crippen LogP contribution in [-0.4, -0.2) is 28.6 Å². The molecule has 0 amide bonds. The van der Waals surface area contributed by atoms with Gasteiger partial charge in [-0.3, -0.25) is 0 Å². The van der Waals surface area contributed by atoms with Crippen molar-refractivity contribution in [1.29, 1.82) is 0 Å². The van der Waals surface area contributed by atoms with Crippen LogP contribution < -0.4 is 4.74 Å². The molecule has 1 aromatic heterocycles. The average molecular weight is 318 g/mol. The van der Waals surface area contributed by atoms with Gasteiger partial charge in [0.15, 0.2) is 0 Å². The van der Waals surface area contributed by atoms with Crippen molar-refractivity contribution in [1.82, 2.24) is 9.78 Å². The van der Waals surface area contributed by atoms with Crippen molar-refractivity contribution >= 4 is 0 Å². The lowest BCUT2D eigenvalue weighted by atomic mass is 10.1. The number of rotatable bonds is 3. The molecule has 2 aromatic carbocycles. The van der Waals surface area contributed by atoms with Crippen LogP contribution in [0.3, 0.4) is 0 Å². The SMILES string of the molecule is COc1ccc(-n2nc(C#CCO)cc2-c2ccc(C)cc2)cc1. The Morgan fingerprint density at radius 2 is 1.79 bits per heavy atom. The summed E-state index contributed by atoms with van der Waals surface area (Å²) >= 11 is 0. The molecule has 0 aliphatic carbocycles. The number of ether oxygens (including phenoxy) is 1. The molecule has 120 valence electrons. The summed E-state index contributed by atoms with van der Waals surface area (Å²) in [5.74, 6) is 6.31. The number of aromatic nitrogens is 2. The molecule has 24 heavy (non-hydrogen) atoms. The second kappa shape index (κ2) is 7.03. The molecule has 4 heteroatoms. The van der Waals surface area contributed by atoms with Gasteiger partial charge in [0, 0.05) is 11.6 Å². The normalized spacial score (nSPS) is 10.1. The van der Waals surface area contributed by atoms with Crippen LogP contribution in [0.25, 0.3) is 16.9 Å². The van der Waals surface area contributed by atoms with E-state index in [1.54, 1.807) is 7.11 Å². The number of aliphatic hydroxyl groups is 1. The maximum absolute atomic E-state index is 8.90. The fraction of sp³-hybridized carbons (Fsp3) is 0.150. The molecular weight excluding hydrogens is 300 g/mol. The second-order valence-corrected chi connectivity index (χ2v) is 5.35. The number of benzene rings is 2. The van der Waals surface area contributed by atoms with Crippen molar-refractivity contribution in [2.45, 2.75) is 6.92 Å². The van der Waals surface area contributed by atoms with E-state index in [0.717, 1.165) is 22.7 Å². The van der Waals surface area contributed by atoms with Crippen molar-refractivity contribution < 1.29 is 9.84 Å². The van der Waals surface area contributed by atoms with Crippen LogP contribution in [0.15, 0.2) is 54.6 Å². The maximum atomic E-state index is 8.90. The van der Waals surface area contributed by atoms with E-state index in [4.69, 9.17) is 9.84 Å². The van der Waals surface area contributed by atoms with Crippen molar-refractivity contribution in [3.63, 3.8) is 0 Å². The highest BCUT2D eigenvalue weighted by Crippen LogP contribution is 2.25. The highest BCUT2D eigenvalue weighted by atomic mass is 16.5. The van der Waals surface area contributed by atoms with Gasteiger partial charge in [-0.15, -0.1) is 0 Å². The Morgan fingerprint density at radius 3 is 2.42 bits per heavy atom. The summed E-state index contributed by atoms with van der Waals surface area (Å²) in [6, 6.07) is 17.9. The van der Waals surface area contributed by atoms with E-state index in [1.807, 2.05) is 35.0 Å². The number of aryl methyl sites for hydroxylation is 1. The van der Waals surface area contributed by atoms with Crippen LogP contribution in [0.5, 0.6) is 5.75 Å². The first-order valence-corrected chi connectivity index (χ1v) is 7.62. The first-order valence-electron chi connectivity index (χ1n) is 7.62. The molecule has 0 atom stereocenters. The zero-order valence-corrected chi connectivity index (χ0v) is 13.7. The Morgan fingerprint density at radius 1 is 1.08 bits per heavy atom. The molecule has 4 nitrogen and oxygen atoms in total. The van der Waals surface area contributed by atoms with Gasteiger partial charge in [0.25, 0.3) is 0 Å². The summed E-state index contributed by atoms with van der Waals surface area (Å²) in [7, 11) is 1.64. The summed E-state index contributed by atoms with van der Waals surface area (Å²) in [5, 5.41) is 13.5. The van der Waals surface area contributed by atoms with E-state index in [1.165, 1.54) is 5.56 Å². The molecule has 0 aliphatic heterocycles. The quantitative estimate of drug-likeness (QED) is 0.754. The highest BCUT2D eigenvalue weighted by molar-refractivity contribution is 5.64. The fourth-order valence-electron chi connectivity index (χ4n) is 2.42. The monoisotopic (exact) mass is 318 g/mol. The van der Waals surface area contributed by atoms with Crippen LogP contribution >= 0.6 is 0 Å². The number of hydrogen-bond acceptors (Lipinski definition) is 3. The van der Waals surface area contributed by atoms with E-state index in [0.29, 0.717) is 5.69 Å². The number of methoxy groups -OCH3 is 1. The smallest absolute Gasteiger partial charge is 0.136 e. The van der Waals surface area contributed by atoms with Crippen molar-refractivity contribution in [2.75, 3.05) is 13.7 Å². The molecule has 1 N–H and O–H groups in total. The van der Waals surface area contributed by atoms with Crippen molar-refractivity contribution in [3.8, 4) is 34.5 Å². The number of aliphatic hydroxyl groups excluding tert-OH is 1. The molecule has 3 rings (SSSR count). The van der Waals surface area contributed by atoms with Crippen molar-refractivity contribution in [2.24, 2.45) is 0 Å². The predicted molar refractivity (Wildman–Crippen MR) is 94.3 cm³/mol. The molecule has 3 aromatic rings. The first-order chi connectivity index (χ1) is 11.7. The summed E-state index contributed by atoms with van der Waals surface area (Å²) in [5.41, 5.74) is 4.75. The zero-order valence-electron chi connectivity index (χ0n) is 13.7. The van der Waals surface area contributed by atoms with Crippen LogP contribution in [-0.2, 0) is 0 Å². The summed E-state index contributed by atoms with van der Waals surface area (Å²) in [6.07, 6.45) is 0. The molecule has 0 saturated heterocycles. The molecule has 0 bridgehead atoms. The Labute approximate surface area is 141 Å². The zero-order chi connectivity index (χ0) is 16.9. The third-order valence-electron chi connectivity index (χ3n) is 3.67. The minimum absolute atomic E-state index is 0.185. The van der Waals surface area contributed by atoms with Gasteiger partial charge in [0.2, 0.25) is 0 Å². The van der Waals surface area contributed by atoms with Gasteiger partial charge >= 0.3 is 0 Å². The van der Waals surface area contributed by atoms with Crippen LogP contribution in [0.2, 0.25) is 0 Å². The lowest BCUT2D eigenvalue weighted by Gasteiger charge is -2.08. The van der Waals surface area contributed by atoms with Crippen molar-refractivity contribution in [3.05, 3.63) is 65.9 Å². The Kier molecular flexibility index (Phi) is 4.64. The van der Waals surface area contributed by atoms with E-state index in [2.05, 4.69) is 48.1 Å². The van der Waals surface area contributed by atoms with E-state index in [-0.39, 0.29) is 6.61 Å². The standard InChI is InChI=1S/C20H18N2O2/c1-15-5-7-16(8-6-15)20-14-17(4-3-13-23)21-22(20)18-9-11-19(24-2)12-10-18/h5-12,14,23H,13H2,1-2H3. The summed E-state index contributed by atoms with van der Waals surface area (Å²) in [6.45, 7) is 1.87. The number of hydrogen-bond donors (Lipinski definition) is 1. The van der Waals surface area contributed by atoms with Gasteiger partial charge in [-0.1, -0.05) is 35.7 Å². The minimum Gasteiger partial charge on any atom is -0.497 e. The van der Waals surface area contributed by atoms with Gasteiger partial charge in [0.1, 0.15) is 18.1 Å². The second-order valence-electron chi connectivity index (χ2n) is 5.35. The van der Waals surface area contributed by atoms with Gasteiger partial charge in [-0.2, -0.15) is 5.10 Å². The summed E-state index contributed by atoms with van der Waals surface area (Å²) in [4.78, 5) is 0. The molecule has 0 spiro atoms. The molecule has 0 aliphatic rings. The lowest BCUT2D eigenvalue weighted by molar-refractivity contribution is 0.350. The van der Waals surface area contributed by atoms with Gasteiger partial charge in [-0.25, -0.2) is 4.68 Å². The Hall–Kier alpha value is -3.03. The Bertz CT molecular complexity index is 882. The lowest BCUT2D eigenvalue weighted by Crippen LogP contribution is -1.99. The third kappa shape index (κ3) is 3.32. The fourth-order valence-corrected chi connectivity index (χ4v) is 2.42. The molecular formula is C20H18N2O2. The largest absolute Gasteiger partial charge is 0.497 e. The topological polar surface area (TPSA) is 47.3 Å². The maximum Gasteiger partial charge on any atom is 0.136 e. The summed E-state index contributed by atoms with van der Waals surface area (Å²) < 4.78 is 7.06. The molecule has 0 saturated carbocycles. The molecule has 1 heterocycles. The average Bonchev–Trinajstić information content (AvgIpc) is 3.05. The van der Waals surface area contributed by atoms with Crippen LogP contribution in [0, 0.1) is 18.8 Å². The minimum atomic E-state index is -0.185. The molecule has 0 unspecified atom stereocenters. The molecule has 0 radical (unpaired) electrons. The number of nitrogens with zero attached hydrogens (tertiary/aromatic N) is 2. The highest BCUT2D eigenvalue weighted by Gasteiger charge is 2.11. The van der Waals surface area contributed by atoms with E-state index in [9.17, 15) is 0 Å². The van der Waals surface area contributed by atoms with Gasteiger partial charge < -0.3 is 9.84 Å². The van der Waals surface area contributed by atoms with Crippen LogP contribution in [0.1, 0.15) is 11.3 Å². The van der Waals surface area contributed by atoms with E-state index < -0.39 is 0 Å². The Balaban J connectivity index is 2.11. The van der Waals surface area contributed by atoms with E-state index >= 15 is 0 Å². The third-order valence-corrected chi connectivity index (χ3v) is 3.67. The van der Waals surface area contributed by atoms with Crippen LogP contribution in [0.4, 0.5) is 0 Å².